The minimum atomic E-state index is -0.886. The van der Waals surface area contributed by atoms with Crippen molar-refractivity contribution in [2.75, 3.05) is 19.6 Å². The molecule has 2 saturated heterocycles. The molecule has 0 aromatic heterocycles. The highest BCUT2D eigenvalue weighted by atomic mass is 19.1. The third kappa shape index (κ3) is 4.75. The molecule has 33 heavy (non-hydrogen) atoms. The lowest BCUT2D eigenvalue weighted by atomic mass is 9.73. The van der Waals surface area contributed by atoms with Crippen LogP contribution in [0, 0.1) is 17.8 Å². The number of rotatable bonds is 3. The highest BCUT2D eigenvalue weighted by molar-refractivity contribution is 5.75. The van der Waals surface area contributed by atoms with Crippen LogP contribution < -0.4 is 5.43 Å². The fourth-order valence-electron chi connectivity index (χ4n) is 7.03. The largest absolute Gasteiger partial charge is 0.446 e. The third-order valence-corrected chi connectivity index (χ3v) is 9.07. The fraction of sp³-hybridized carbons (Fsp3) is 0.920. The molecule has 0 aromatic carbocycles. The Balaban J connectivity index is 1.30. The second-order valence-corrected chi connectivity index (χ2v) is 11.5. The first-order valence-corrected chi connectivity index (χ1v) is 13.2. The van der Waals surface area contributed by atoms with Gasteiger partial charge >= 0.3 is 6.09 Å². The number of hydrazine groups is 1. The van der Waals surface area contributed by atoms with Gasteiger partial charge in [-0.15, -0.1) is 0 Å². The van der Waals surface area contributed by atoms with Crippen molar-refractivity contribution in [3.05, 3.63) is 0 Å². The van der Waals surface area contributed by atoms with Crippen molar-refractivity contribution in [3.8, 4) is 0 Å². The molecule has 2 heterocycles. The molecule has 2 amide bonds. The van der Waals surface area contributed by atoms with Gasteiger partial charge in [0.2, 0.25) is 5.91 Å². The zero-order chi connectivity index (χ0) is 23.3. The summed E-state index contributed by atoms with van der Waals surface area (Å²) in [6.07, 6.45) is 5.58. The Bertz CT molecular complexity index is 749. The van der Waals surface area contributed by atoms with Crippen LogP contribution in [-0.2, 0) is 9.53 Å². The summed E-state index contributed by atoms with van der Waals surface area (Å²) in [7, 11) is 0. The molecular weight excluding hydrogens is 423 g/mol. The molecule has 5 rings (SSSR count). The van der Waals surface area contributed by atoms with Gasteiger partial charge < -0.3 is 14.5 Å². The van der Waals surface area contributed by atoms with Gasteiger partial charge in [0.05, 0.1) is 12.1 Å². The Morgan fingerprint density at radius 3 is 2.45 bits per heavy atom. The molecule has 5 aliphatic rings. The maximum absolute atomic E-state index is 14.0. The first kappa shape index (κ1) is 23.3. The zero-order valence-electron chi connectivity index (χ0n) is 20.4. The van der Waals surface area contributed by atoms with E-state index >= 15 is 0 Å². The van der Waals surface area contributed by atoms with Crippen LogP contribution in [-0.4, -0.2) is 82.9 Å². The normalized spacial score (nSPS) is 42.2. The van der Waals surface area contributed by atoms with Crippen molar-refractivity contribution >= 4 is 12.0 Å². The molecule has 3 saturated carbocycles. The monoisotopic (exact) mass is 464 g/mol. The van der Waals surface area contributed by atoms with E-state index in [0.29, 0.717) is 37.3 Å². The molecule has 0 radical (unpaired) electrons. The first-order valence-electron chi connectivity index (χ1n) is 13.2. The highest BCUT2D eigenvalue weighted by Gasteiger charge is 2.49. The maximum atomic E-state index is 14.0. The van der Waals surface area contributed by atoms with Crippen LogP contribution in [0.2, 0.25) is 0 Å². The Kier molecular flexibility index (Phi) is 6.60. The molecule has 186 valence electrons. The van der Waals surface area contributed by atoms with Crippen molar-refractivity contribution in [2.24, 2.45) is 17.8 Å². The van der Waals surface area contributed by atoms with Gasteiger partial charge in [-0.3, -0.25) is 10.2 Å². The number of hydrogen-bond donors (Lipinski definition) is 1. The van der Waals surface area contributed by atoms with Crippen molar-refractivity contribution in [1.82, 2.24) is 20.2 Å². The number of fused-ring (bicyclic) bond motifs is 1. The van der Waals surface area contributed by atoms with Gasteiger partial charge in [-0.1, -0.05) is 6.92 Å². The van der Waals surface area contributed by atoms with E-state index in [0.717, 1.165) is 38.8 Å². The van der Waals surface area contributed by atoms with E-state index in [1.165, 1.54) is 12.8 Å². The first-order chi connectivity index (χ1) is 15.8. The van der Waals surface area contributed by atoms with E-state index in [1.54, 1.807) is 6.92 Å². The summed E-state index contributed by atoms with van der Waals surface area (Å²) < 4.78 is 20.0. The van der Waals surface area contributed by atoms with Crippen LogP contribution in [0.5, 0.6) is 0 Å². The van der Waals surface area contributed by atoms with Crippen molar-refractivity contribution < 1.29 is 18.7 Å². The molecule has 2 aliphatic heterocycles. The van der Waals surface area contributed by atoms with Crippen molar-refractivity contribution in [2.45, 2.75) is 109 Å². The Labute approximate surface area is 197 Å². The summed E-state index contributed by atoms with van der Waals surface area (Å²) in [5.41, 5.74) is 3.60. The predicted molar refractivity (Wildman–Crippen MR) is 123 cm³/mol. The van der Waals surface area contributed by atoms with E-state index in [-0.39, 0.29) is 42.1 Å². The number of nitrogens with zero attached hydrogens (tertiary/aromatic N) is 3. The molecule has 8 atom stereocenters. The van der Waals surface area contributed by atoms with E-state index in [2.05, 4.69) is 17.4 Å². The van der Waals surface area contributed by atoms with E-state index in [1.807, 2.05) is 16.7 Å². The van der Waals surface area contributed by atoms with Crippen molar-refractivity contribution in [3.63, 3.8) is 0 Å². The minimum absolute atomic E-state index is 0.0219. The molecule has 3 aliphatic carbocycles. The number of carbonyl (C=O) groups is 2. The van der Waals surface area contributed by atoms with Gasteiger partial charge in [0.1, 0.15) is 12.3 Å². The fourth-order valence-corrected chi connectivity index (χ4v) is 7.03. The summed E-state index contributed by atoms with van der Waals surface area (Å²) in [6, 6.07) is 0.690. The van der Waals surface area contributed by atoms with Gasteiger partial charge in [0, 0.05) is 45.1 Å². The summed E-state index contributed by atoms with van der Waals surface area (Å²) in [4.78, 5) is 29.9. The molecular formula is C25H41FN4O3. The maximum Gasteiger partial charge on any atom is 0.410 e. The van der Waals surface area contributed by atoms with Crippen LogP contribution >= 0.6 is 0 Å². The molecule has 0 bridgehead atoms. The van der Waals surface area contributed by atoms with Gasteiger partial charge in [-0.25, -0.2) is 14.2 Å². The minimum Gasteiger partial charge on any atom is -0.446 e. The van der Waals surface area contributed by atoms with Crippen LogP contribution in [0.3, 0.4) is 0 Å². The second kappa shape index (κ2) is 9.33. The van der Waals surface area contributed by atoms with Gasteiger partial charge in [-0.2, -0.15) is 0 Å². The number of piperazine rings is 1. The third-order valence-electron chi connectivity index (χ3n) is 9.07. The lowest BCUT2D eigenvalue weighted by molar-refractivity contribution is -0.143. The van der Waals surface area contributed by atoms with Crippen LogP contribution in [0.1, 0.15) is 72.1 Å². The quantitative estimate of drug-likeness (QED) is 0.694. The van der Waals surface area contributed by atoms with Gasteiger partial charge in [-0.05, 0) is 69.6 Å². The number of hydrogen-bond acceptors (Lipinski definition) is 5. The lowest BCUT2D eigenvalue weighted by Crippen LogP contribution is -2.67. The second-order valence-electron chi connectivity index (χ2n) is 11.5. The topological polar surface area (TPSA) is 65.1 Å². The summed E-state index contributed by atoms with van der Waals surface area (Å²) in [6.45, 7) is 8.31. The average molecular weight is 465 g/mol. The number of ether oxygens (including phenoxy) is 1. The smallest absolute Gasteiger partial charge is 0.410 e. The number of halogens is 1. The summed E-state index contributed by atoms with van der Waals surface area (Å²) in [5.74, 6) is 1.39. The Morgan fingerprint density at radius 1 is 0.939 bits per heavy atom. The Hall–Kier alpha value is -1.41. The van der Waals surface area contributed by atoms with E-state index in [4.69, 9.17) is 4.74 Å². The summed E-state index contributed by atoms with van der Waals surface area (Å²) in [5, 5.41) is 2.42. The number of alkyl halides is 1. The van der Waals surface area contributed by atoms with Gasteiger partial charge in [0.25, 0.3) is 0 Å². The standard InChI is InChI=1S/C25H41FN4O3/c1-15-4-6-20(26)11-24(15)33-25(32)28-13-16(2)30(17(3)31)22-9-5-18(10-23(22)28)19-12-27-29(14-19)21-7-8-21/h15-16,18-24,27H,4-14H2,1-3H3/t15?,16-,18?,19?,20?,22?,23?,24?/m0/s1. The molecule has 8 heteroatoms. The lowest BCUT2D eigenvalue weighted by Gasteiger charge is -2.54. The number of amides is 2. The van der Waals surface area contributed by atoms with Crippen LogP contribution in [0.15, 0.2) is 0 Å². The Morgan fingerprint density at radius 2 is 1.73 bits per heavy atom. The number of nitrogens with one attached hydrogen (secondary N) is 1. The molecule has 0 spiro atoms. The number of carbonyl (C=O) groups excluding carboxylic acids is 2. The molecule has 0 aromatic rings. The van der Waals surface area contributed by atoms with Crippen molar-refractivity contribution in [1.29, 1.82) is 0 Å². The van der Waals surface area contributed by atoms with Gasteiger partial charge in [0.15, 0.2) is 0 Å². The summed E-state index contributed by atoms with van der Waals surface area (Å²) >= 11 is 0. The van der Waals surface area contributed by atoms with Crippen LogP contribution in [0.4, 0.5) is 9.18 Å². The van der Waals surface area contributed by atoms with Crippen LogP contribution in [0.25, 0.3) is 0 Å². The average Bonchev–Trinajstić information content (AvgIpc) is 3.51. The van der Waals surface area contributed by atoms with E-state index < -0.39 is 6.17 Å². The van der Waals surface area contributed by atoms with E-state index in [9.17, 15) is 14.0 Å². The zero-order valence-corrected chi connectivity index (χ0v) is 20.4. The molecule has 7 unspecified atom stereocenters. The highest BCUT2D eigenvalue weighted by Crippen LogP contribution is 2.41. The molecule has 1 N–H and O–H groups in total. The SMILES string of the molecule is CC(=O)N1C2CCC(C3CNN(C4CC4)C3)CC2N(C(=O)OC2CC(F)CCC2C)C[C@@H]1C. The molecule has 5 fully saturated rings. The molecule has 7 nitrogen and oxygen atoms in total. The predicted octanol–water partition coefficient (Wildman–Crippen LogP) is 3.34.